The summed E-state index contributed by atoms with van der Waals surface area (Å²) >= 11 is 0. The number of nitrogens with zero attached hydrogens (tertiary/aromatic N) is 3. The van der Waals surface area contributed by atoms with E-state index in [0.717, 1.165) is 24.5 Å². The lowest BCUT2D eigenvalue weighted by atomic mass is 9.96. The molecule has 0 amide bonds. The molecular formula is C16H25N3O. The van der Waals surface area contributed by atoms with E-state index < -0.39 is 6.10 Å². The standard InChI is InChI=1S/C16H25N3O/c1-12-10-18-9-4-3-6-14(18)11-19(12)16-15(13(2)20)7-5-8-17-16/h5,7-8,12-14,20H,3-4,6,9-11H2,1-2H3/t12?,13-,14?/m1/s1. The van der Waals surface area contributed by atoms with Crippen LogP contribution in [0.25, 0.3) is 0 Å². The van der Waals surface area contributed by atoms with Crippen molar-refractivity contribution in [3.63, 3.8) is 0 Å². The van der Waals surface area contributed by atoms with Crippen LogP contribution >= 0.6 is 0 Å². The molecule has 0 spiro atoms. The number of aliphatic hydroxyl groups is 1. The van der Waals surface area contributed by atoms with Gasteiger partial charge in [-0.25, -0.2) is 4.98 Å². The SMILES string of the molecule is CC1CN2CCCCC2CN1c1ncccc1[C@@H](C)O. The Morgan fingerprint density at radius 2 is 2.20 bits per heavy atom. The Hall–Kier alpha value is -1.13. The highest BCUT2D eigenvalue weighted by Crippen LogP contribution is 2.30. The summed E-state index contributed by atoms with van der Waals surface area (Å²) in [6.45, 7) is 7.49. The highest BCUT2D eigenvalue weighted by molar-refractivity contribution is 5.49. The molecule has 110 valence electrons. The molecule has 4 nitrogen and oxygen atoms in total. The number of hydrogen-bond donors (Lipinski definition) is 1. The number of piperazine rings is 1. The van der Waals surface area contributed by atoms with E-state index in [-0.39, 0.29) is 0 Å². The number of piperidine rings is 1. The van der Waals surface area contributed by atoms with Crippen molar-refractivity contribution in [3.05, 3.63) is 23.9 Å². The zero-order chi connectivity index (χ0) is 14.1. The molecule has 0 radical (unpaired) electrons. The van der Waals surface area contributed by atoms with Gasteiger partial charge in [0.2, 0.25) is 0 Å². The number of fused-ring (bicyclic) bond motifs is 1. The zero-order valence-electron chi connectivity index (χ0n) is 12.5. The molecule has 2 aliphatic heterocycles. The molecule has 0 aliphatic carbocycles. The fourth-order valence-electron chi connectivity index (χ4n) is 3.62. The Bertz CT molecular complexity index is 463. The summed E-state index contributed by atoms with van der Waals surface area (Å²) in [5, 5.41) is 9.98. The summed E-state index contributed by atoms with van der Waals surface area (Å²) in [6, 6.07) is 5.01. The van der Waals surface area contributed by atoms with E-state index >= 15 is 0 Å². The summed E-state index contributed by atoms with van der Waals surface area (Å²) in [5.74, 6) is 0.972. The van der Waals surface area contributed by atoms with E-state index in [1.807, 2.05) is 25.3 Å². The van der Waals surface area contributed by atoms with Gasteiger partial charge in [0, 0.05) is 36.9 Å². The number of rotatable bonds is 2. The fraction of sp³-hybridized carbons (Fsp3) is 0.688. The first-order valence-corrected chi connectivity index (χ1v) is 7.80. The van der Waals surface area contributed by atoms with Crippen LogP contribution in [0.2, 0.25) is 0 Å². The van der Waals surface area contributed by atoms with Crippen LogP contribution in [-0.4, -0.2) is 46.7 Å². The van der Waals surface area contributed by atoms with Crippen LogP contribution in [0.1, 0.15) is 44.8 Å². The summed E-state index contributed by atoms with van der Waals surface area (Å²) in [7, 11) is 0. The molecule has 3 heterocycles. The van der Waals surface area contributed by atoms with Gasteiger partial charge in [-0.1, -0.05) is 12.5 Å². The Balaban J connectivity index is 1.86. The zero-order valence-corrected chi connectivity index (χ0v) is 12.5. The minimum Gasteiger partial charge on any atom is -0.389 e. The van der Waals surface area contributed by atoms with Crippen molar-refractivity contribution in [2.45, 2.75) is 51.3 Å². The van der Waals surface area contributed by atoms with Crippen LogP contribution in [0.3, 0.4) is 0 Å². The number of aromatic nitrogens is 1. The Kier molecular flexibility index (Phi) is 3.94. The van der Waals surface area contributed by atoms with Gasteiger partial charge in [-0.2, -0.15) is 0 Å². The largest absolute Gasteiger partial charge is 0.389 e. The normalized spacial score (nSPS) is 29.1. The number of aliphatic hydroxyl groups excluding tert-OH is 1. The van der Waals surface area contributed by atoms with Crippen molar-refractivity contribution in [2.24, 2.45) is 0 Å². The molecule has 4 heteroatoms. The van der Waals surface area contributed by atoms with Crippen molar-refractivity contribution >= 4 is 5.82 Å². The van der Waals surface area contributed by atoms with Crippen molar-refractivity contribution in [1.29, 1.82) is 0 Å². The van der Waals surface area contributed by atoms with Gasteiger partial charge in [-0.05, 0) is 39.3 Å². The van der Waals surface area contributed by atoms with Gasteiger partial charge in [0.25, 0.3) is 0 Å². The molecule has 2 saturated heterocycles. The number of pyridine rings is 1. The fourth-order valence-corrected chi connectivity index (χ4v) is 3.62. The Morgan fingerprint density at radius 1 is 1.35 bits per heavy atom. The number of hydrogen-bond acceptors (Lipinski definition) is 4. The first-order chi connectivity index (χ1) is 9.66. The summed E-state index contributed by atoms with van der Waals surface area (Å²) in [6.07, 6.45) is 5.34. The van der Waals surface area contributed by atoms with Crippen LogP contribution in [0, 0.1) is 0 Å². The minimum absolute atomic E-state index is 0.455. The molecule has 20 heavy (non-hydrogen) atoms. The van der Waals surface area contributed by atoms with Crippen LogP contribution in [0.5, 0.6) is 0 Å². The smallest absolute Gasteiger partial charge is 0.134 e. The Labute approximate surface area is 121 Å². The van der Waals surface area contributed by atoms with Gasteiger partial charge in [0.05, 0.1) is 6.10 Å². The van der Waals surface area contributed by atoms with Crippen LogP contribution in [-0.2, 0) is 0 Å². The van der Waals surface area contributed by atoms with E-state index in [1.165, 1.54) is 25.8 Å². The first kappa shape index (κ1) is 13.8. The van der Waals surface area contributed by atoms with Crippen LogP contribution in [0.15, 0.2) is 18.3 Å². The molecule has 3 rings (SSSR count). The topological polar surface area (TPSA) is 39.6 Å². The third-order valence-corrected chi connectivity index (χ3v) is 4.73. The van der Waals surface area contributed by atoms with E-state index in [9.17, 15) is 5.11 Å². The summed E-state index contributed by atoms with van der Waals surface area (Å²) in [5.41, 5.74) is 0.948. The highest BCUT2D eigenvalue weighted by atomic mass is 16.3. The van der Waals surface area contributed by atoms with Crippen LogP contribution in [0.4, 0.5) is 5.82 Å². The maximum absolute atomic E-state index is 9.98. The van der Waals surface area contributed by atoms with Crippen LogP contribution < -0.4 is 4.90 Å². The monoisotopic (exact) mass is 275 g/mol. The lowest BCUT2D eigenvalue weighted by Gasteiger charge is -2.48. The number of anilines is 1. The molecule has 2 fully saturated rings. The van der Waals surface area contributed by atoms with Crippen molar-refractivity contribution in [2.75, 3.05) is 24.5 Å². The molecule has 1 aromatic heterocycles. The van der Waals surface area contributed by atoms with E-state index in [0.29, 0.717) is 12.1 Å². The second-order valence-electron chi connectivity index (χ2n) is 6.24. The lowest BCUT2D eigenvalue weighted by Crippen LogP contribution is -2.59. The second-order valence-corrected chi connectivity index (χ2v) is 6.24. The van der Waals surface area contributed by atoms with Crippen molar-refractivity contribution in [1.82, 2.24) is 9.88 Å². The maximum Gasteiger partial charge on any atom is 0.134 e. The Morgan fingerprint density at radius 3 is 3.00 bits per heavy atom. The molecule has 1 aromatic rings. The average Bonchev–Trinajstić information content (AvgIpc) is 2.46. The van der Waals surface area contributed by atoms with E-state index in [1.54, 1.807) is 0 Å². The third-order valence-electron chi connectivity index (χ3n) is 4.73. The molecule has 2 aliphatic rings. The summed E-state index contributed by atoms with van der Waals surface area (Å²) < 4.78 is 0. The molecular weight excluding hydrogens is 250 g/mol. The van der Waals surface area contributed by atoms with Crippen molar-refractivity contribution in [3.8, 4) is 0 Å². The molecule has 3 atom stereocenters. The van der Waals surface area contributed by atoms with Gasteiger partial charge in [0.1, 0.15) is 5.82 Å². The van der Waals surface area contributed by atoms with Gasteiger partial charge in [-0.15, -0.1) is 0 Å². The lowest BCUT2D eigenvalue weighted by molar-refractivity contribution is 0.114. The van der Waals surface area contributed by atoms with Gasteiger partial charge in [0.15, 0.2) is 0 Å². The summed E-state index contributed by atoms with van der Waals surface area (Å²) in [4.78, 5) is 9.59. The predicted molar refractivity (Wildman–Crippen MR) is 80.9 cm³/mol. The molecule has 0 aromatic carbocycles. The van der Waals surface area contributed by atoms with Crippen molar-refractivity contribution < 1.29 is 5.11 Å². The predicted octanol–water partition coefficient (Wildman–Crippen LogP) is 2.20. The molecule has 2 unspecified atom stereocenters. The van der Waals surface area contributed by atoms with Gasteiger partial charge >= 0.3 is 0 Å². The first-order valence-electron chi connectivity index (χ1n) is 7.80. The van der Waals surface area contributed by atoms with Gasteiger partial charge < -0.3 is 10.0 Å². The maximum atomic E-state index is 9.98. The molecule has 0 saturated carbocycles. The highest BCUT2D eigenvalue weighted by Gasteiger charge is 2.34. The average molecular weight is 275 g/mol. The minimum atomic E-state index is -0.463. The van der Waals surface area contributed by atoms with Gasteiger partial charge in [-0.3, -0.25) is 4.90 Å². The van der Waals surface area contributed by atoms with E-state index in [4.69, 9.17) is 0 Å². The second kappa shape index (κ2) is 5.70. The third kappa shape index (κ3) is 2.54. The molecule has 1 N–H and O–H groups in total. The molecule has 0 bridgehead atoms. The quantitative estimate of drug-likeness (QED) is 0.898. The van der Waals surface area contributed by atoms with E-state index in [2.05, 4.69) is 21.7 Å².